The van der Waals surface area contributed by atoms with Gasteiger partial charge in [0.25, 0.3) is 5.90 Å². The summed E-state index contributed by atoms with van der Waals surface area (Å²) in [5.41, 5.74) is 6.75. The summed E-state index contributed by atoms with van der Waals surface area (Å²) in [5, 5.41) is 8.71. The van der Waals surface area contributed by atoms with Gasteiger partial charge in [0.05, 0.1) is 5.02 Å². The van der Waals surface area contributed by atoms with Gasteiger partial charge in [-0.3, -0.25) is 10.4 Å². The van der Waals surface area contributed by atoms with Gasteiger partial charge < -0.3 is 19.8 Å². The number of terminal acetylenes is 1. The average molecular weight is 564 g/mol. The van der Waals surface area contributed by atoms with Crippen LogP contribution in [0.5, 0.6) is 0 Å². The van der Waals surface area contributed by atoms with Crippen molar-refractivity contribution in [3.8, 4) is 23.6 Å². The van der Waals surface area contributed by atoms with Crippen LogP contribution >= 0.6 is 11.6 Å². The zero-order valence-electron chi connectivity index (χ0n) is 22.8. The highest BCUT2D eigenvalue weighted by molar-refractivity contribution is 6.30. The maximum absolute atomic E-state index is 11.4. The fraction of sp³-hybridized carbons (Fsp3) is 0.517. The fourth-order valence-corrected chi connectivity index (χ4v) is 6.52. The van der Waals surface area contributed by atoms with Gasteiger partial charge in [0.1, 0.15) is 22.6 Å². The van der Waals surface area contributed by atoms with E-state index in [1.807, 2.05) is 0 Å². The summed E-state index contributed by atoms with van der Waals surface area (Å²) in [7, 11) is 1.75. The molecule has 2 aliphatic carbocycles. The number of carbonyl (C=O) groups is 1. The van der Waals surface area contributed by atoms with E-state index in [0.29, 0.717) is 45.8 Å². The van der Waals surface area contributed by atoms with Crippen LogP contribution in [0.4, 0.5) is 4.79 Å². The first kappa shape index (κ1) is 28.0. The lowest BCUT2D eigenvalue weighted by Crippen LogP contribution is -2.41. The number of aromatic nitrogens is 5. The monoisotopic (exact) mass is 563 g/mol. The Bertz CT molecular complexity index is 1470. The molecule has 3 N–H and O–H groups in total. The van der Waals surface area contributed by atoms with Crippen LogP contribution in [-0.4, -0.2) is 43.6 Å². The molecule has 0 spiro atoms. The molecule has 0 aromatic carbocycles. The molecule has 2 atom stereocenters. The third-order valence-electron chi connectivity index (χ3n) is 8.48. The molecule has 0 bridgehead atoms. The van der Waals surface area contributed by atoms with Crippen LogP contribution in [0.3, 0.4) is 0 Å². The summed E-state index contributed by atoms with van der Waals surface area (Å²) in [5.74, 6) is 3.95. The Labute approximate surface area is 238 Å². The number of primary amides is 1. The Balaban J connectivity index is 1.75. The summed E-state index contributed by atoms with van der Waals surface area (Å²) in [6.07, 6.45) is 15.8. The van der Waals surface area contributed by atoms with E-state index in [-0.39, 0.29) is 11.7 Å². The minimum absolute atomic E-state index is 0.116. The second kappa shape index (κ2) is 11.5. The normalized spacial score (nSPS) is 24.9. The van der Waals surface area contributed by atoms with E-state index in [9.17, 15) is 4.79 Å². The number of hydrogen-bond donors (Lipinski definition) is 2. The molecule has 0 radical (unpaired) electrons. The average Bonchev–Trinajstić information content (AvgIpc) is 3.31. The van der Waals surface area contributed by atoms with Crippen LogP contribution < -0.4 is 5.73 Å². The Kier molecular flexibility index (Phi) is 8.06. The molecule has 0 aliphatic heterocycles. The Hall–Kier alpha value is -3.55. The molecule has 3 aromatic heterocycles. The molecular weight excluding hydrogens is 530 g/mol. The van der Waals surface area contributed by atoms with E-state index in [1.54, 1.807) is 25.6 Å². The zero-order valence-corrected chi connectivity index (χ0v) is 23.6. The summed E-state index contributed by atoms with van der Waals surface area (Å²) in [4.78, 5) is 30.0. The Morgan fingerprint density at radius 1 is 1.23 bits per heavy atom. The number of ether oxygens (including phenoxy) is 2. The summed E-state index contributed by atoms with van der Waals surface area (Å²) >= 11 is 6.34. The van der Waals surface area contributed by atoms with Crippen molar-refractivity contribution in [2.45, 2.75) is 70.4 Å². The molecule has 10 nitrogen and oxygen atoms in total. The molecule has 2 saturated carbocycles. The largest absolute Gasteiger partial charge is 0.411 e. The number of pyridine rings is 1. The van der Waals surface area contributed by atoms with E-state index < -0.39 is 17.6 Å². The van der Waals surface area contributed by atoms with Crippen molar-refractivity contribution in [2.75, 3.05) is 7.11 Å². The van der Waals surface area contributed by atoms with Gasteiger partial charge in [-0.05, 0) is 56.4 Å². The molecule has 1 amide bonds. The summed E-state index contributed by atoms with van der Waals surface area (Å²) in [6.45, 7) is 2.90. The molecule has 0 saturated heterocycles. The van der Waals surface area contributed by atoms with Crippen molar-refractivity contribution >= 4 is 34.8 Å². The highest BCUT2D eigenvalue weighted by atomic mass is 35.5. The number of imidazole rings is 1. The van der Waals surface area contributed by atoms with E-state index in [4.69, 9.17) is 43.6 Å². The number of nitrogens with zero attached hydrogens (tertiary/aromatic N) is 5. The minimum Gasteiger partial charge on any atom is -0.388 e. The number of nitrogens with one attached hydrogen (secondary N) is 1. The second-order valence-electron chi connectivity index (χ2n) is 10.9. The van der Waals surface area contributed by atoms with Gasteiger partial charge in [0.2, 0.25) is 5.82 Å². The van der Waals surface area contributed by atoms with E-state index >= 15 is 0 Å². The number of hydrogen-bond acceptors (Lipinski definition) is 8. The van der Waals surface area contributed by atoms with Gasteiger partial charge in [0, 0.05) is 37.5 Å². The lowest BCUT2D eigenvalue weighted by Gasteiger charge is -2.41. The van der Waals surface area contributed by atoms with Gasteiger partial charge in [0.15, 0.2) is 5.65 Å². The minimum atomic E-state index is -1.12. The molecule has 5 rings (SSSR count). The molecule has 2 aliphatic rings. The van der Waals surface area contributed by atoms with Gasteiger partial charge in [-0.2, -0.15) is 0 Å². The number of fused-ring (bicyclic) bond motifs is 1. The Morgan fingerprint density at radius 3 is 2.65 bits per heavy atom. The molecule has 3 aromatic rings. The first-order valence-electron chi connectivity index (χ1n) is 13.7. The van der Waals surface area contributed by atoms with Crippen molar-refractivity contribution in [1.29, 1.82) is 5.41 Å². The first-order valence-corrected chi connectivity index (χ1v) is 14.1. The van der Waals surface area contributed by atoms with Crippen LogP contribution in [0, 0.1) is 35.5 Å². The van der Waals surface area contributed by atoms with Crippen LogP contribution in [0.2, 0.25) is 5.02 Å². The second-order valence-corrected chi connectivity index (χ2v) is 11.3. The van der Waals surface area contributed by atoms with E-state index in [2.05, 4.69) is 32.4 Å². The predicted molar refractivity (Wildman–Crippen MR) is 152 cm³/mol. The quantitative estimate of drug-likeness (QED) is 0.230. The number of rotatable bonds is 6. The summed E-state index contributed by atoms with van der Waals surface area (Å²) < 4.78 is 13.4. The van der Waals surface area contributed by atoms with Crippen LogP contribution in [0.25, 0.3) is 22.4 Å². The third-order valence-corrected chi connectivity index (χ3v) is 8.69. The highest BCUT2D eigenvalue weighted by Crippen LogP contribution is 2.46. The number of carbonyl (C=O) groups excluding carboxylic acids is 1. The number of amides is 1. The standard InChI is InChI=1S/C29H34ClN7O3/c1-4-18-8-10-19(11-9-18)16-37-23-22(20-13-21(30)15-33-14-20)34-26(24(31)40-28(32)38)35-25(23)36-27(37)29(39-3)12-6-5-7-17(29)2/h1,13-15,17-19,31H,5-12,16H2,2-3H3,(H2,32,38)/t17?,18-,19-,29?. The molecule has 40 heavy (non-hydrogen) atoms. The van der Waals surface area contributed by atoms with Crippen LogP contribution in [-0.2, 0) is 21.6 Å². The van der Waals surface area contributed by atoms with E-state index in [0.717, 1.165) is 57.2 Å². The SMILES string of the molecule is C#C[C@H]1CC[C@H](Cn2c(C3(OC)CCCCC3C)nc3nc(C(=N)OC(N)=O)nc(-c4cncc(Cl)c4)c32)CC1. The van der Waals surface area contributed by atoms with Crippen molar-refractivity contribution in [1.82, 2.24) is 24.5 Å². The Morgan fingerprint density at radius 2 is 2.00 bits per heavy atom. The highest BCUT2D eigenvalue weighted by Gasteiger charge is 2.45. The van der Waals surface area contributed by atoms with Crippen LogP contribution in [0.15, 0.2) is 18.5 Å². The number of methoxy groups -OCH3 is 1. The van der Waals surface area contributed by atoms with Crippen LogP contribution in [0.1, 0.15) is 69.9 Å². The van der Waals surface area contributed by atoms with Crippen molar-refractivity contribution in [3.63, 3.8) is 0 Å². The smallest absolute Gasteiger partial charge is 0.388 e. The van der Waals surface area contributed by atoms with Gasteiger partial charge in [-0.1, -0.05) is 31.4 Å². The maximum Gasteiger partial charge on any atom is 0.411 e. The van der Waals surface area contributed by atoms with Crippen molar-refractivity contribution < 1.29 is 14.3 Å². The van der Waals surface area contributed by atoms with Crippen molar-refractivity contribution in [3.05, 3.63) is 35.1 Å². The number of nitrogens with two attached hydrogens (primary N) is 1. The predicted octanol–water partition coefficient (Wildman–Crippen LogP) is 5.45. The van der Waals surface area contributed by atoms with Gasteiger partial charge in [-0.15, -0.1) is 12.3 Å². The first-order chi connectivity index (χ1) is 19.3. The van der Waals surface area contributed by atoms with Crippen molar-refractivity contribution in [2.24, 2.45) is 23.5 Å². The lowest BCUT2D eigenvalue weighted by molar-refractivity contribution is -0.0923. The number of halogens is 1. The molecule has 210 valence electrons. The molecule has 11 heteroatoms. The molecule has 2 fully saturated rings. The molecular formula is C29H34ClN7O3. The lowest BCUT2D eigenvalue weighted by atomic mass is 9.75. The zero-order chi connectivity index (χ0) is 28.4. The van der Waals surface area contributed by atoms with E-state index in [1.165, 1.54) is 0 Å². The summed E-state index contributed by atoms with van der Waals surface area (Å²) in [6, 6.07) is 1.75. The molecule has 2 unspecified atom stereocenters. The molecule has 3 heterocycles. The fourth-order valence-electron chi connectivity index (χ4n) is 6.34. The third kappa shape index (κ3) is 5.28. The topological polar surface area (TPSA) is 142 Å². The van der Waals surface area contributed by atoms with Gasteiger partial charge in [-0.25, -0.2) is 19.7 Å². The maximum atomic E-state index is 11.4. The van der Waals surface area contributed by atoms with Gasteiger partial charge >= 0.3 is 6.09 Å².